The van der Waals surface area contributed by atoms with E-state index in [0.717, 1.165) is 29.2 Å². The highest BCUT2D eigenvalue weighted by Gasteiger charge is 2.41. The van der Waals surface area contributed by atoms with Gasteiger partial charge in [0, 0.05) is 19.6 Å². The van der Waals surface area contributed by atoms with Gasteiger partial charge in [-0.2, -0.15) is 5.48 Å². The Kier molecular flexibility index (Phi) is 8.99. The Bertz CT molecular complexity index is 1290. The van der Waals surface area contributed by atoms with E-state index in [4.69, 9.17) is 4.84 Å². The summed E-state index contributed by atoms with van der Waals surface area (Å²) in [5, 5.41) is 5.42. The monoisotopic (exact) mass is 530 g/mol. The molecule has 1 fully saturated rings. The highest BCUT2D eigenvalue weighted by Crippen LogP contribution is 2.25. The zero-order chi connectivity index (χ0) is 28.0. The van der Waals surface area contributed by atoms with Gasteiger partial charge in [-0.05, 0) is 59.0 Å². The van der Waals surface area contributed by atoms with Crippen LogP contribution >= 0.6 is 0 Å². The van der Waals surface area contributed by atoms with Crippen molar-refractivity contribution in [1.82, 2.24) is 20.6 Å². The molecule has 0 aromatic heterocycles. The van der Waals surface area contributed by atoms with Gasteiger partial charge in [-0.25, -0.2) is 0 Å². The Morgan fingerprint density at radius 1 is 1.03 bits per heavy atom. The van der Waals surface area contributed by atoms with Crippen LogP contribution in [0.2, 0.25) is 0 Å². The van der Waals surface area contributed by atoms with Crippen molar-refractivity contribution in [3.05, 3.63) is 77.9 Å². The lowest BCUT2D eigenvalue weighted by molar-refractivity contribution is -0.138. The van der Waals surface area contributed by atoms with Crippen LogP contribution in [0.1, 0.15) is 38.3 Å². The van der Waals surface area contributed by atoms with E-state index >= 15 is 0 Å². The van der Waals surface area contributed by atoms with Crippen LogP contribution in [-0.4, -0.2) is 60.1 Å². The highest BCUT2D eigenvalue weighted by atomic mass is 16.6. The van der Waals surface area contributed by atoms with Crippen molar-refractivity contribution in [1.29, 1.82) is 0 Å². The van der Waals surface area contributed by atoms with Crippen molar-refractivity contribution in [3.8, 4) is 5.75 Å². The van der Waals surface area contributed by atoms with Gasteiger partial charge in [0.25, 0.3) is 0 Å². The van der Waals surface area contributed by atoms with Gasteiger partial charge in [0.2, 0.25) is 12.3 Å². The van der Waals surface area contributed by atoms with Gasteiger partial charge < -0.3 is 24.7 Å². The molecule has 1 aliphatic heterocycles. The van der Waals surface area contributed by atoms with Crippen LogP contribution in [0.25, 0.3) is 10.8 Å². The Morgan fingerprint density at radius 3 is 2.33 bits per heavy atom. The molecule has 8 heteroatoms. The van der Waals surface area contributed by atoms with E-state index in [-0.39, 0.29) is 23.4 Å². The van der Waals surface area contributed by atoms with E-state index < -0.39 is 6.04 Å². The smallest absolute Gasteiger partial charge is 0.240 e. The number of hydrogen-bond donors (Lipinski definition) is 2. The quantitative estimate of drug-likeness (QED) is 0.290. The lowest BCUT2D eigenvalue weighted by Gasteiger charge is -2.33. The van der Waals surface area contributed by atoms with E-state index in [2.05, 4.69) is 41.1 Å². The van der Waals surface area contributed by atoms with Crippen molar-refractivity contribution < 1.29 is 19.2 Å². The van der Waals surface area contributed by atoms with E-state index in [1.165, 1.54) is 5.39 Å². The largest absolute Gasteiger partial charge is 0.408 e. The molecule has 0 spiro atoms. The summed E-state index contributed by atoms with van der Waals surface area (Å²) >= 11 is 0. The summed E-state index contributed by atoms with van der Waals surface area (Å²) in [5.41, 5.74) is 4.80. The van der Waals surface area contributed by atoms with Crippen LogP contribution in [0.5, 0.6) is 5.75 Å². The topological polar surface area (TPSA) is 91.0 Å². The third-order valence-electron chi connectivity index (χ3n) is 7.19. The number of rotatable bonds is 11. The molecule has 0 aliphatic carbocycles. The maximum atomic E-state index is 13.1. The maximum Gasteiger partial charge on any atom is 0.240 e. The predicted octanol–water partition coefficient (Wildman–Crippen LogP) is 3.68. The fourth-order valence-corrected chi connectivity index (χ4v) is 5.18. The Hall–Kier alpha value is -3.75. The number of fused-ring (bicyclic) bond motifs is 1. The summed E-state index contributed by atoms with van der Waals surface area (Å²) < 4.78 is 0. The van der Waals surface area contributed by atoms with Crippen LogP contribution in [-0.2, 0) is 27.5 Å². The molecule has 39 heavy (non-hydrogen) atoms. The maximum absolute atomic E-state index is 13.1. The fourth-order valence-electron chi connectivity index (χ4n) is 5.18. The number of nitrogens with zero attached hydrogens (tertiary/aromatic N) is 2. The van der Waals surface area contributed by atoms with Crippen LogP contribution in [0.4, 0.5) is 0 Å². The molecule has 0 radical (unpaired) electrons. The molecule has 3 unspecified atom stereocenters. The molecule has 0 bridgehead atoms. The van der Waals surface area contributed by atoms with Crippen molar-refractivity contribution in [3.63, 3.8) is 0 Å². The van der Waals surface area contributed by atoms with Crippen LogP contribution < -0.4 is 15.6 Å². The third-order valence-corrected chi connectivity index (χ3v) is 7.19. The second-order valence-corrected chi connectivity index (χ2v) is 11.3. The van der Waals surface area contributed by atoms with Gasteiger partial charge in [-0.3, -0.25) is 9.59 Å². The van der Waals surface area contributed by atoms with Gasteiger partial charge >= 0.3 is 0 Å². The molecule has 3 aromatic carbocycles. The number of hydroxylamine groups is 1. The summed E-state index contributed by atoms with van der Waals surface area (Å²) in [5.74, 6) is 0.528. The second-order valence-electron chi connectivity index (χ2n) is 11.3. The summed E-state index contributed by atoms with van der Waals surface area (Å²) in [6, 6.07) is 20.9. The molecule has 8 nitrogen and oxygen atoms in total. The average Bonchev–Trinajstić information content (AvgIpc) is 3.35. The van der Waals surface area contributed by atoms with Gasteiger partial charge in [0.05, 0.1) is 18.1 Å². The zero-order valence-corrected chi connectivity index (χ0v) is 23.1. The van der Waals surface area contributed by atoms with E-state index in [1.807, 2.05) is 57.2 Å². The molecule has 1 aliphatic rings. The van der Waals surface area contributed by atoms with Crippen LogP contribution in [0.15, 0.2) is 66.7 Å². The number of likely N-dealkylation sites (tertiary alicyclic amines) is 1. The summed E-state index contributed by atoms with van der Waals surface area (Å²) in [7, 11) is 1.76. The first-order valence-electron chi connectivity index (χ1n) is 13.3. The van der Waals surface area contributed by atoms with Crippen molar-refractivity contribution in [2.75, 3.05) is 13.6 Å². The van der Waals surface area contributed by atoms with Crippen LogP contribution in [0, 0.1) is 5.41 Å². The molecular formula is C31H38N4O4. The lowest BCUT2D eigenvalue weighted by atomic mass is 9.86. The SMILES string of the molecule is CNC(C(=O)N1CC(NOc2ccc(CN(C=O)Cc3ccc4ccccc4c3)cc2)CC1C=O)C(C)(C)C. The second kappa shape index (κ2) is 12.4. The number of hydrogen-bond acceptors (Lipinski definition) is 6. The molecule has 0 saturated carbocycles. The first-order chi connectivity index (χ1) is 18.7. The molecule has 3 aromatic rings. The van der Waals surface area contributed by atoms with Gasteiger partial charge in [-0.15, -0.1) is 0 Å². The number of amides is 2. The number of nitrogens with one attached hydrogen (secondary N) is 2. The average molecular weight is 531 g/mol. The Labute approximate surface area is 230 Å². The van der Waals surface area contributed by atoms with E-state index in [1.54, 1.807) is 16.8 Å². The lowest BCUT2D eigenvalue weighted by Crippen LogP contribution is -2.53. The molecule has 1 heterocycles. The fraction of sp³-hybridized carbons (Fsp3) is 0.387. The number of carbonyl (C=O) groups is 3. The van der Waals surface area contributed by atoms with E-state index in [0.29, 0.717) is 31.8 Å². The minimum Gasteiger partial charge on any atom is -0.408 e. The van der Waals surface area contributed by atoms with Gasteiger partial charge in [0.15, 0.2) is 0 Å². The summed E-state index contributed by atoms with van der Waals surface area (Å²) in [6.45, 7) is 7.38. The zero-order valence-electron chi connectivity index (χ0n) is 23.1. The molecule has 2 N–H and O–H groups in total. The van der Waals surface area contributed by atoms with Crippen molar-refractivity contribution in [2.45, 2.75) is 58.4 Å². The standard InChI is InChI=1S/C31H38N4O4/c1-31(2,3)29(32-4)30(38)35-19-26(16-27(35)20-36)33-39-28-13-10-22(11-14-28)17-34(21-37)18-23-9-12-24-7-5-6-8-25(24)15-23/h5-15,20-21,26-27,29,32-33H,16-19H2,1-4H3. The molecule has 206 valence electrons. The number of likely N-dealkylation sites (N-methyl/N-ethyl adjacent to an activating group) is 1. The molecular weight excluding hydrogens is 492 g/mol. The molecule has 4 rings (SSSR count). The summed E-state index contributed by atoms with van der Waals surface area (Å²) in [6.07, 6.45) is 2.19. The van der Waals surface area contributed by atoms with Crippen molar-refractivity contribution >= 4 is 29.4 Å². The number of aldehydes is 1. The van der Waals surface area contributed by atoms with Crippen molar-refractivity contribution in [2.24, 2.45) is 5.41 Å². The van der Waals surface area contributed by atoms with Gasteiger partial charge in [0.1, 0.15) is 12.0 Å². The Balaban J connectivity index is 1.31. The molecule has 2 amide bonds. The normalized spacial score (nSPS) is 18.1. The third kappa shape index (κ3) is 7.02. The highest BCUT2D eigenvalue weighted by molar-refractivity contribution is 5.86. The minimum absolute atomic E-state index is 0.0841. The number of carbonyl (C=O) groups excluding carboxylic acids is 3. The van der Waals surface area contributed by atoms with Crippen LogP contribution in [0.3, 0.4) is 0 Å². The summed E-state index contributed by atoms with van der Waals surface area (Å²) in [4.78, 5) is 45.8. The first kappa shape index (κ1) is 28.3. The molecule has 1 saturated heterocycles. The Morgan fingerprint density at radius 2 is 1.69 bits per heavy atom. The number of benzene rings is 3. The predicted molar refractivity (Wildman–Crippen MR) is 152 cm³/mol. The van der Waals surface area contributed by atoms with E-state index in [9.17, 15) is 14.4 Å². The first-order valence-corrected chi connectivity index (χ1v) is 13.3. The van der Waals surface area contributed by atoms with Gasteiger partial charge in [-0.1, -0.05) is 69.3 Å². The molecule has 3 atom stereocenters. The minimum atomic E-state index is -0.490.